The van der Waals surface area contributed by atoms with Gasteiger partial charge in [-0.3, -0.25) is 9.59 Å². The molecule has 2 aromatic rings. The summed E-state index contributed by atoms with van der Waals surface area (Å²) in [5.74, 6) is -0.147. The van der Waals surface area contributed by atoms with Crippen LogP contribution in [-0.4, -0.2) is 23.8 Å². The van der Waals surface area contributed by atoms with Gasteiger partial charge in [0.15, 0.2) is 5.78 Å². The summed E-state index contributed by atoms with van der Waals surface area (Å²) in [6.07, 6.45) is 1.61. The molecule has 1 unspecified atom stereocenters. The molecule has 4 heteroatoms. The normalized spacial score (nSPS) is 9.68. The number of rotatable bonds is 4. The highest BCUT2D eigenvalue weighted by atomic mass is 16.3. The zero-order chi connectivity index (χ0) is 22.1. The summed E-state index contributed by atoms with van der Waals surface area (Å²) in [5.41, 5.74) is 2.29. The zero-order valence-electron chi connectivity index (χ0n) is 18.2. The van der Waals surface area contributed by atoms with Crippen LogP contribution in [0.3, 0.4) is 0 Å². The van der Waals surface area contributed by atoms with E-state index in [4.69, 9.17) is 0 Å². The quantitative estimate of drug-likeness (QED) is 0.511. The molecule has 0 bridgehead atoms. The Morgan fingerprint density at radius 3 is 1.89 bits per heavy atom. The maximum Gasteiger partial charge on any atom is 0.226 e. The van der Waals surface area contributed by atoms with Crippen LogP contribution >= 0.6 is 0 Å². The second kappa shape index (κ2) is 16.3. The number of phenols is 1. The Morgan fingerprint density at radius 1 is 1.00 bits per heavy atom. The molecule has 0 saturated heterocycles. The van der Waals surface area contributed by atoms with E-state index in [9.17, 15) is 14.7 Å². The van der Waals surface area contributed by atoms with Crippen LogP contribution in [0.4, 0.5) is 0 Å². The van der Waals surface area contributed by atoms with E-state index >= 15 is 0 Å². The van der Waals surface area contributed by atoms with Gasteiger partial charge in [0.25, 0.3) is 0 Å². The van der Waals surface area contributed by atoms with Gasteiger partial charge in [0.1, 0.15) is 5.75 Å². The van der Waals surface area contributed by atoms with Crippen molar-refractivity contribution in [1.82, 2.24) is 5.32 Å². The molecule has 4 nitrogen and oxygen atoms in total. The third-order valence-corrected chi connectivity index (χ3v) is 3.50. The predicted octanol–water partition coefficient (Wildman–Crippen LogP) is 5.87. The van der Waals surface area contributed by atoms with E-state index < -0.39 is 0 Å². The Bertz CT molecular complexity index is 709. The van der Waals surface area contributed by atoms with E-state index in [0.717, 1.165) is 11.1 Å². The van der Waals surface area contributed by atoms with Crippen LogP contribution in [0.2, 0.25) is 0 Å². The SMILES string of the molecule is C=CC(C)C(=O)NC.CC.CC.CC(=O)c1ccc(-c2ccccc2)cc1O. The molecule has 0 heterocycles. The van der Waals surface area contributed by atoms with E-state index in [0.29, 0.717) is 5.56 Å². The molecule has 1 amide bonds. The third-order valence-electron chi connectivity index (χ3n) is 3.50. The zero-order valence-corrected chi connectivity index (χ0v) is 18.2. The number of nitrogens with one attached hydrogen (secondary N) is 1. The van der Waals surface area contributed by atoms with Crippen molar-refractivity contribution >= 4 is 11.7 Å². The first-order chi connectivity index (χ1) is 13.4. The highest BCUT2D eigenvalue weighted by molar-refractivity contribution is 5.97. The molecular weight excluding hydrogens is 350 g/mol. The van der Waals surface area contributed by atoms with Crippen LogP contribution in [0.25, 0.3) is 11.1 Å². The third kappa shape index (κ3) is 9.72. The van der Waals surface area contributed by atoms with Crippen LogP contribution < -0.4 is 5.32 Å². The van der Waals surface area contributed by atoms with Gasteiger partial charge in [-0.1, -0.05) is 77.1 Å². The molecule has 0 aliphatic rings. The lowest BCUT2D eigenvalue weighted by molar-refractivity contribution is -0.122. The summed E-state index contributed by atoms with van der Waals surface area (Å²) < 4.78 is 0. The van der Waals surface area contributed by atoms with Gasteiger partial charge in [-0.15, -0.1) is 6.58 Å². The standard InChI is InChI=1S/C14H12O2.C6H11NO.2C2H6/c1-10(15)13-8-7-12(9-14(13)16)11-5-3-2-4-6-11;1-4-5(2)6(8)7-3;2*1-2/h2-9,16H,1H3;4-5H,1H2,2-3H3,(H,7,8);2*1-2H3. The smallest absolute Gasteiger partial charge is 0.226 e. The van der Waals surface area contributed by atoms with Gasteiger partial charge in [0, 0.05) is 7.05 Å². The van der Waals surface area contributed by atoms with Gasteiger partial charge in [-0.25, -0.2) is 0 Å². The van der Waals surface area contributed by atoms with Crippen molar-refractivity contribution in [1.29, 1.82) is 0 Å². The van der Waals surface area contributed by atoms with Gasteiger partial charge < -0.3 is 10.4 Å². The average molecular weight is 386 g/mol. The Labute approximate surface area is 170 Å². The minimum atomic E-state index is -0.128. The van der Waals surface area contributed by atoms with Crippen molar-refractivity contribution in [3.63, 3.8) is 0 Å². The number of phenolic OH excluding ortho intramolecular Hbond substituents is 1. The molecule has 154 valence electrons. The lowest BCUT2D eigenvalue weighted by Crippen LogP contribution is -2.23. The Kier molecular flexibility index (Phi) is 15.9. The molecule has 0 saturated carbocycles. The molecule has 2 N–H and O–H groups in total. The summed E-state index contributed by atoms with van der Waals surface area (Å²) in [6, 6.07) is 14.8. The molecule has 0 aliphatic heterocycles. The Hall–Kier alpha value is -2.88. The van der Waals surface area contributed by atoms with Crippen molar-refractivity contribution in [2.24, 2.45) is 5.92 Å². The average Bonchev–Trinajstić information content (AvgIpc) is 2.76. The summed E-state index contributed by atoms with van der Waals surface area (Å²) in [6.45, 7) is 14.7. The van der Waals surface area contributed by atoms with Crippen molar-refractivity contribution in [2.75, 3.05) is 7.05 Å². The molecular formula is C24H35NO3. The maximum absolute atomic E-state index is 11.2. The minimum Gasteiger partial charge on any atom is -0.507 e. The summed E-state index contributed by atoms with van der Waals surface area (Å²) in [5, 5.41) is 12.2. The first-order valence-electron chi connectivity index (χ1n) is 9.64. The van der Waals surface area contributed by atoms with Crippen molar-refractivity contribution in [3.8, 4) is 16.9 Å². The highest BCUT2D eigenvalue weighted by Gasteiger charge is 2.07. The Balaban J connectivity index is 0. The maximum atomic E-state index is 11.2. The number of amides is 1. The van der Waals surface area contributed by atoms with Crippen LogP contribution in [0.15, 0.2) is 61.2 Å². The number of ketones is 1. The number of hydrogen-bond donors (Lipinski definition) is 2. The molecule has 0 aromatic heterocycles. The molecule has 0 aliphatic carbocycles. The van der Waals surface area contributed by atoms with E-state index in [-0.39, 0.29) is 23.4 Å². The first kappa shape index (κ1) is 27.3. The molecule has 0 fully saturated rings. The van der Waals surface area contributed by atoms with Crippen LogP contribution in [-0.2, 0) is 4.79 Å². The minimum absolute atomic E-state index is 0.0139. The summed E-state index contributed by atoms with van der Waals surface area (Å²) >= 11 is 0. The van der Waals surface area contributed by atoms with Crippen molar-refractivity contribution < 1.29 is 14.7 Å². The van der Waals surface area contributed by atoms with Crippen LogP contribution in [0, 0.1) is 5.92 Å². The predicted molar refractivity (Wildman–Crippen MR) is 120 cm³/mol. The molecule has 2 rings (SSSR count). The fraction of sp³-hybridized carbons (Fsp3) is 0.333. The molecule has 2 aromatic carbocycles. The summed E-state index contributed by atoms with van der Waals surface area (Å²) in [4.78, 5) is 21.7. The second-order valence-electron chi connectivity index (χ2n) is 5.29. The van der Waals surface area contributed by atoms with Crippen molar-refractivity contribution in [3.05, 3.63) is 66.7 Å². The van der Waals surface area contributed by atoms with E-state index in [1.807, 2.05) is 64.1 Å². The van der Waals surface area contributed by atoms with Crippen LogP contribution in [0.1, 0.15) is 51.9 Å². The van der Waals surface area contributed by atoms with E-state index in [1.54, 1.807) is 32.2 Å². The fourth-order valence-corrected chi connectivity index (χ4v) is 1.97. The largest absolute Gasteiger partial charge is 0.507 e. The van der Waals surface area contributed by atoms with Gasteiger partial charge in [0.05, 0.1) is 11.5 Å². The van der Waals surface area contributed by atoms with E-state index in [1.165, 1.54) is 6.92 Å². The van der Waals surface area contributed by atoms with Gasteiger partial charge in [0.2, 0.25) is 5.91 Å². The number of benzene rings is 2. The second-order valence-corrected chi connectivity index (χ2v) is 5.29. The molecule has 0 radical (unpaired) electrons. The fourth-order valence-electron chi connectivity index (χ4n) is 1.97. The number of hydrogen-bond acceptors (Lipinski definition) is 3. The molecule has 0 spiro atoms. The number of aromatic hydroxyl groups is 1. The summed E-state index contributed by atoms with van der Waals surface area (Å²) in [7, 11) is 1.61. The van der Waals surface area contributed by atoms with Gasteiger partial charge in [-0.2, -0.15) is 0 Å². The van der Waals surface area contributed by atoms with Gasteiger partial charge in [-0.05, 0) is 30.2 Å². The monoisotopic (exact) mass is 385 g/mol. The Morgan fingerprint density at radius 2 is 1.54 bits per heavy atom. The highest BCUT2D eigenvalue weighted by Crippen LogP contribution is 2.26. The molecule has 28 heavy (non-hydrogen) atoms. The topological polar surface area (TPSA) is 66.4 Å². The number of carbonyl (C=O) groups is 2. The van der Waals surface area contributed by atoms with Gasteiger partial charge >= 0.3 is 0 Å². The first-order valence-corrected chi connectivity index (χ1v) is 9.64. The molecule has 1 atom stereocenters. The lowest BCUT2D eigenvalue weighted by Gasteiger charge is -2.05. The van der Waals surface area contributed by atoms with E-state index in [2.05, 4.69) is 11.9 Å². The lowest BCUT2D eigenvalue weighted by atomic mass is 10.0. The van der Waals surface area contributed by atoms with Crippen LogP contribution in [0.5, 0.6) is 5.75 Å². The van der Waals surface area contributed by atoms with Crippen molar-refractivity contribution in [2.45, 2.75) is 41.5 Å². The number of carbonyl (C=O) groups excluding carboxylic acids is 2. The number of Topliss-reactive ketones (excluding diaryl/α,β-unsaturated/α-hetero) is 1.